The van der Waals surface area contributed by atoms with Crippen LogP contribution in [0.4, 0.5) is 0 Å². The van der Waals surface area contributed by atoms with Crippen molar-refractivity contribution >= 4 is 5.91 Å². The van der Waals surface area contributed by atoms with Crippen molar-refractivity contribution in [1.82, 2.24) is 5.32 Å². The van der Waals surface area contributed by atoms with E-state index in [1.807, 2.05) is 6.08 Å². The molecule has 0 aliphatic carbocycles. The van der Waals surface area contributed by atoms with Crippen LogP contribution in [-0.2, 0) is 4.79 Å². The third-order valence-corrected chi connectivity index (χ3v) is 13.1. The molecule has 4 N–H and O–H groups in total. The van der Waals surface area contributed by atoms with Crippen molar-refractivity contribution < 1.29 is 20.1 Å². The van der Waals surface area contributed by atoms with Gasteiger partial charge in [0.1, 0.15) is 6.10 Å². The van der Waals surface area contributed by atoms with Gasteiger partial charge in [-0.2, -0.15) is 0 Å². The normalized spacial score (nSPS) is 13.6. The van der Waals surface area contributed by atoms with Gasteiger partial charge in [0.05, 0.1) is 18.8 Å². The fourth-order valence-electron chi connectivity index (χ4n) is 8.68. The maximum Gasteiger partial charge on any atom is 0.249 e. The third kappa shape index (κ3) is 48.2. The summed E-state index contributed by atoms with van der Waals surface area (Å²) in [5.74, 6) is -0.515. The van der Waals surface area contributed by atoms with Crippen LogP contribution >= 0.6 is 0 Å². The summed E-state index contributed by atoms with van der Waals surface area (Å²) in [7, 11) is 0. The van der Waals surface area contributed by atoms with Gasteiger partial charge in [-0.15, -0.1) is 0 Å². The molecule has 0 fully saturated rings. The van der Waals surface area contributed by atoms with Gasteiger partial charge >= 0.3 is 0 Å². The zero-order valence-corrected chi connectivity index (χ0v) is 42.9. The minimum atomic E-state index is -1.11. The summed E-state index contributed by atoms with van der Waals surface area (Å²) in [4.78, 5) is 12.5. The fraction of sp³-hybridized carbons (Fsp3) is 0.847. The molecule has 0 aliphatic heterocycles. The Morgan fingerprint density at radius 3 is 0.953 bits per heavy atom. The van der Waals surface area contributed by atoms with Crippen molar-refractivity contribution in [2.24, 2.45) is 0 Å². The monoisotopic (exact) mass is 898 g/mol. The molecule has 0 rings (SSSR count). The largest absolute Gasteiger partial charge is 0.394 e. The van der Waals surface area contributed by atoms with E-state index in [1.165, 1.54) is 231 Å². The third-order valence-electron chi connectivity index (χ3n) is 13.1. The molecule has 0 heterocycles. The lowest BCUT2D eigenvalue weighted by Gasteiger charge is -2.21. The van der Waals surface area contributed by atoms with Crippen molar-refractivity contribution in [3.8, 4) is 0 Å². The standard InChI is InChI=1S/C59H111NO4/c1-3-5-7-9-11-13-15-17-19-21-22-23-24-25-26-27-28-29-30-31-32-33-34-35-36-37-38-40-42-44-46-48-50-52-54-58(63)59(64)60-56(55-61)57(62)53-51-49-47-45-43-41-39-20-18-16-14-12-10-8-6-4-2/h18,20,27-28,43,45,51,53,56-58,61-63H,3-17,19,21-26,29-42,44,46-50,52,54-55H2,1-2H3,(H,60,64)/b20-18+,28-27-,45-43+,53-51+. The van der Waals surface area contributed by atoms with Gasteiger partial charge in [0.2, 0.25) is 5.91 Å². The molecule has 0 aliphatic rings. The number of nitrogens with one attached hydrogen (secondary N) is 1. The van der Waals surface area contributed by atoms with E-state index in [2.05, 4.69) is 55.6 Å². The van der Waals surface area contributed by atoms with Crippen LogP contribution in [0.15, 0.2) is 48.6 Å². The quantitative estimate of drug-likeness (QED) is 0.0362. The smallest absolute Gasteiger partial charge is 0.249 e. The molecule has 0 radical (unpaired) electrons. The molecular weight excluding hydrogens is 787 g/mol. The molecule has 0 saturated heterocycles. The second kappa shape index (κ2) is 53.9. The second-order valence-electron chi connectivity index (χ2n) is 19.5. The first kappa shape index (κ1) is 62.3. The van der Waals surface area contributed by atoms with Crippen LogP contribution < -0.4 is 5.32 Å². The molecule has 376 valence electrons. The zero-order valence-electron chi connectivity index (χ0n) is 42.9. The number of carbonyl (C=O) groups excluding carboxylic acids is 1. The number of aliphatic hydroxyl groups is 3. The maximum atomic E-state index is 12.5. The van der Waals surface area contributed by atoms with Gasteiger partial charge in [0.15, 0.2) is 0 Å². The van der Waals surface area contributed by atoms with E-state index in [0.29, 0.717) is 6.42 Å². The zero-order chi connectivity index (χ0) is 46.5. The van der Waals surface area contributed by atoms with Crippen LogP contribution in [-0.4, -0.2) is 46.1 Å². The number of aliphatic hydroxyl groups excluding tert-OH is 3. The highest BCUT2D eigenvalue weighted by atomic mass is 16.3. The lowest BCUT2D eigenvalue weighted by atomic mass is 10.0. The lowest BCUT2D eigenvalue weighted by Crippen LogP contribution is -2.48. The average molecular weight is 899 g/mol. The van der Waals surface area contributed by atoms with Crippen molar-refractivity contribution in [1.29, 1.82) is 0 Å². The number of unbranched alkanes of at least 4 members (excludes halogenated alkanes) is 38. The first-order valence-corrected chi connectivity index (χ1v) is 28.5. The molecule has 1 amide bonds. The summed E-state index contributed by atoms with van der Waals surface area (Å²) >= 11 is 0. The SMILES string of the molecule is CCCCCCCC/C=C/CC/C=C/CC/C=C/C(O)C(CO)NC(=O)C(O)CCCCCCCCCCCCCCCCCC/C=C\CCCCCCCCCCCCCCCC. The molecule has 0 saturated carbocycles. The van der Waals surface area contributed by atoms with Gasteiger partial charge in [-0.1, -0.05) is 274 Å². The number of hydrogen-bond acceptors (Lipinski definition) is 4. The van der Waals surface area contributed by atoms with Gasteiger partial charge in [-0.3, -0.25) is 4.79 Å². The van der Waals surface area contributed by atoms with Crippen LogP contribution in [0.3, 0.4) is 0 Å². The van der Waals surface area contributed by atoms with E-state index in [-0.39, 0.29) is 6.61 Å². The van der Waals surface area contributed by atoms with Gasteiger partial charge in [-0.05, 0) is 70.6 Å². The summed E-state index contributed by atoms with van der Waals surface area (Å²) in [5.41, 5.74) is 0. The highest BCUT2D eigenvalue weighted by Gasteiger charge is 2.22. The van der Waals surface area contributed by atoms with Crippen LogP contribution in [0, 0.1) is 0 Å². The van der Waals surface area contributed by atoms with Crippen LogP contribution in [0.5, 0.6) is 0 Å². The number of rotatable bonds is 52. The first-order valence-electron chi connectivity index (χ1n) is 28.5. The lowest BCUT2D eigenvalue weighted by molar-refractivity contribution is -0.131. The van der Waals surface area contributed by atoms with E-state index in [1.54, 1.807) is 6.08 Å². The van der Waals surface area contributed by atoms with Crippen molar-refractivity contribution in [3.63, 3.8) is 0 Å². The topological polar surface area (TPSA) is 89.8 Å². The van der Waals surface area contributed by atoms with Crippen LogP contribution in [0.1, 0.15) is 296 Å². The molecule has 3 atom stereocenters. The van der Waals surface area contributed by atoms with Gasteiger partial charge in [0, 0.05) is 0 Å². The van der Waals surface area contributed by atoms with Crippen LogP contribution in [0.2, 0.25) is 0 Å². The predicted molar refractivity (Wildman–Crippen MR) is 282 cm³/mol. The van der Waals surface area contributed by atoms with E-state index in [9.17, 15) is 20.1 Å². The van der Waals surface area contributed by atoms with Crippen molar-refractivity contribution in [2.45, 2.75) is 315 Å². The highest BCUT2D eigenvalue weighted by Crippen LogP contribution is 2.17. The molecule has 0 bridgehead atoms. The Kier molecular flexibility index (Phi) is 52.5. The van der Waals surface area contributed by atoms with E-state index in [4.69, 9.17) is 0 Å². The summed E-state index contributed by atoms with van der Waals surface area (Å²) in [6, 6.07) is -0.821. The Labute approximate surface area is 399 Å². The fourth-order valence-corrected chi connectivity index (χ4v) is 8.68. The first-order chi connectivity index (χ1) is 31.6. The van der Waals surface area contributed by atoms with Crippen molar-refractivity contribution in [2.75, 3.05) is 6.61 Å². The van der Waals surface area contributed by atoms with Gasteiger partial charge < -0.3 is 20.6 Å². The average Bonchev–Trinajstić information content (AvgIpc) is 3.30. The van der Waals surface area contributed by atoms with Gasteiger partial charge in [0.25, 0.3) is 0 Å². The van der Waals surface area contributed by atoms with Crippen LogP contribution in [0.25, 0.3) is 0 Å². The number of hydrogen-bond donors (Lipinski definition) is 4. The Balaban J connectivity index is 3.54. The number of amides is 1. The summed E-state index contributed by atoms with van der Waals surface area (Å²) in [6.07, 6.45) is 72.0. The molecule has 5 nitrogen and oxygen atoms in total. The minimum Gasteiger partial charge on any atom is -0.394 e. The molecular formula is C59H111NO4. The minimum absolute atomic E-state index is 0.381. The Morgan fingerprint density at radius 1 is 0.375 bits per heavy atom. The van der Waals surface area contributed by atoms with E-state index >= 15 is 0 Å². The molecule has 3 unspecified atom stereocenters. The summed E-state index contributed by atoms with van der Waals surface area (Å²) in [6.45, 7) is 4.18. The molecule has 0 spiro atoms. The molecule has 0 aromatic rings. The summed E-state index contributed by atoms with van der Waals surface area (Å²) < 4.78 is 0. The Bertz CT molecular complexity index is 1040. The predicted octanol–water partition coefficient (Wildman–Crippen LogP) is 17.6. The highest BCUT2D eigenvalue weighted by molar-refractivity contribution is 5.80. The second-order valence-corrected chi connectivity index (χ2v) is 19.5. The van der Waals surface area contributed by atoms with E-state index in [0.717, 1.165) is 44.9 Å². The molecule has 5 heteroatoms. The summed E-state index contributed by atoms with van der Waals surface area (Å²) in [5, 5.41) is 33.3. The molecule has 0 aromatic heterocycles. The maximum absolute atomic E-state index is 12.5. The van der Waals surface area contributed by atoms with Crippen molar-refractivity contribution in [3.05, 3.63) is 48.6 Å². The molecule has 0 aromatic carbocycles. The number of carbonyl (C=O) groups is 1. The molecule has 64 heavy (non-hydrogen) atoms. The Hall–Kier alpha value is -1.69. The van der Waals surface area contributed by atoms with Gasteiger partial charge in [-0.25, -0.2) is 0 Å². The number of allylic oxidation sites excluding steroid dienone is 7. The Morgan fingerprint density at radius 2 is 0.641 bits per heavy atom. The van der Waals surface area contributed by atoms with E-state index < -0.39 is 24.2 Å².